The van der Waals surface area contributed by atoms with Gasteiger partial charge in [0.2, 0.25) is 23.6 Å². The number of nitrogens with one attached hydrogen (secondary N) is 5. The summed E-state index contributed by atoms with van der Waals surface area (Å²) in [6.07, 6.45) is 8.03. The number of hydrogen-bond acceptors (Lipinski definition) is 8. The number of likely N-dealkylation sites (N-methyl/N-ethyl adjacent to an activating group) is 2. The maximum atomic E-state index is 14.0. The van der Waals surface area contributed by atoms with Gasteiger partial charge in [-0.05, 0) is 85.0 Å². The van der Waals surface area contributed by atoms with E-state index in [1.807, 2.05) is 53.4 Å². The second-order valence-corrected chi connectivity index (χ2v) is 15.2. The Morgan fingerprint density at radius 2 is 1.09 bits per heavy atom. The third-order valence-corrected chi connectivity index (χ3v) is 11.3. The maximum Gasteiger partial charge on any atom is 0.251 e. The molecule has 13 nitrogen and oxygen atoms in total. The number of unbranched alkanes of at least 4 members (excludes halogenated alkanes) is 3. The molecule has 0 aromatic heterocycles. The largest absolute Gasteiger partial charge is 0.350 e. The number of carbonyl (C=O) groups is 6. The maximum absolute atomic E-state index is 14.0. The van der Waals surface area contributed by atoms with Crippen LogP contribution in [0.25, 0.3) is 0 Å². The zero-order valence-corrected chi connectivity index (χ0v) is 36.1. The fourth-order valence-electron chi connectivity index (χ4n) is 7.55. The zero-order chi connectivity index (χ0) is 40.5. The Kier molecular flexibility index (Phi) is 22.6. The third kappa shape index (κ3) is 15.0. The highest BCUT2D eigenvalue weighted by atomic mass is 35.5. The molecule has 0 spiro atoms. The molecule has 15 heteroatoms. The van der Waals surface area contributed by atoms with Gasteiger partial charge >= 0.3 is 0 Å². The molecule has 0 radical (unpaired) electrons. The number of nitrogens with zero attached hydrogens (tertiary/aromatic N) is 2. The van der Waals surface area contributed by atoms with Crippen molar-refractivity contribution in [2.45, 2.75) is 127 Å². The van der Waals surface area contributed by atoms with Gasteiger partial charge in [-0.1, -0.05) is 74.2 Å². The van der Waals surface area contributed by atoms with Crippen molar-refractivity contribution in [1.82, 2.24) is 36.4 Å². The van der Waals surface area contributed by atoms with E-state index in [1.54, 1.807) is 45.0 Å². The van der Waals surface area contributed by atoms with E-state index < -0.39 is 24.2 Å². The summed E-state index contributed by atoms with van der Waals surface area (Å²) in [6.45, 7) is 5.00. The standard InChI is InChI=1S/C43H63N7O6.2ClH/c1-30(44-3)39(52)47-36(42(55)49-27-15-21-34(49)25-26-38(51)32-17-9-7-10-18-32)23-13-5-6-14-24-37(48-40(53)31(2)45-4)43(56)50-28-16-22-35(50)29-46-41(54)33-19-11-8-12-20-33;;/h7-12,17-20,30-31,34-37,44-45H,5-6,13-16,21-29H2,1-4H3,(H,46,54)(H,47,52)(H,48,53);2*1H/t30-,31-,34-,35-,36-,37-;;/m0../s1. The molecule has 0 aliphatic carbocycles. The lowest BCUT2D eigenvalue weighted by Crippen LogP contribution is -2.54. The van der Waals surface area contributed by atoms with Crippen LogP contribution in [0.3, 0.4) is 0 Å². The average molecular weight is 847 g/mol. The van der Waals surface area contributed by atoms with Crippen molar-refractivity contribution in [1.29, 1.82) is 0 Å². The summed E-state index contributed by atoms with van der Waals surface area (Å²) in [5.74, 6) is -0.872. The predicted molar refractivity (Wildman–Crippen MR) is 231 cm³/mol. The molecule has 2 aromatic carbocycles. The first-order valence-electron chi connectivity index (χ1n) is 20.5. The van der Waals surface area contributed by atoms with E-state index in [2.05, 4.69) is 26.6 Å². The van der Waals surface area contributed by atoms with E-state index in [4.69, 9.17) is 0 Å². The first-order valence-corrected chi connectivity index (χ1v) is 20.5. The minimum atomic E-state index is -0.707. The molecular formula is C43H65Cl2N7O6. The zero-order valence-electron chi connectivity index (χ0n) is 34.5. The fourth-order valence-corrected chi connectivity index (χ4v) is 7.55. The number of likely N-dealkylation sites (tertiary alicyclic amines) is 2. The van der Waals surface area contributed by atoms with E-state index in [0.717, 1.165) is 38.5 Å². The van der Waals surface area contributed by atoms with Gasteiger partial charge in [0.15, 0.2) is 5.78 Å². The van der Waals surface area contributed by atoms with Crippen molar-refractivity contribution in [2.24, 2.45) is 0 Å². The fraction of sp³-hybridized carbons (Fsp3) is 0.581. The minimum Gasteiger partial charge on any atom is -0.350 e. The highest BCUT2D eigenvalue weighted by Gasteiger charge is 2.36. The van der Waals surface area contributed by atoms with Gasteiger partial charge in [0, 0.05) is 49.3 Å². The monoisotopic (exact) mass is 845 g/mol. The van der Waals surface area contributed by atoms with E-state index in [9.17, 15) is 28.8 Å². The molecule has 6 atom stereocenters. The highest BCUT2D eigenvalue weighted by molar-refractivity contribution is 5.96. The van der Waals surface area contributed by atoms with Crippen LogP contribution in [-0.2, 0) is 19.2 Å². The third-order valence-electron chi connectivity index (χ3n) is 11.3. The van der Waals surface area contributed by atoms with Crippen LogP contribution in [0.15, 0.2) is 60.7 Å². The van der Waals surface area contributed by atoms with Gasteiger partial charge in [-0.2, -0.15) is 0 Å². The van der Waals surface area contributed by atoms with Gasteiger partial charge in [0.05, 0.1) is 12.1 Å². The number of benzene rings is 2. The second-order valence-electron chi connectivity index (χ2n) is 15.2. The van der Waals surface area contributed by atoms with Crippen molar-refractivity contribution in [3.63, 3.8) is 0 Å². The summed E-state index contributed by atoms with van der Waals surface area (Å²) >= 11 is 0. The topological polar surface area (TPSA) is 169 Å². The first-order chi connectivity index (χ1) is 27.0. The summed E-state index contributed by atoms with van der Waals surface area (Å²) in [7, 11) is 3.40. The summed E-state index contributed by atoms with van der Waals surface area (Å²) < 4.78 is 0. The van der Waals surface area contributed by atoms with Gasteiger partial charge in [-0.25, -0.2) is 0 Å². The van der Waals surface area contributed by atoms with E-state index >= 15 is 0 Å². The summed E-state index contributed by atoms with van der Waals surface area (Å²) in [6, 6.07) is 15.6. The van der Waals surface area contributed by atoms with E-state index in [1.165, 1.54) is 0 Å². The normalized spacial score (nSPS) is 18.1. The number of carbonyl (C=O) groups excluding carboxylic acids is 6. The Hall–Kier alpha value is -4.04. The van der Waals surface area contributed by atoms with Crippen LogP contribution >= 0.6 is 24.8 Å². The lowest BCUT2D eigenvalue weighted by molar-refractivity contribution is -0.138. The van der Waals surface area contributed by atoms with Crippen LogP contribution in [0, 0.1) is 0 Å². The molecular weight excluding hydrogens is 781 g/mol. The number of halogens is 2. The molecule has 2 aliphatic heterocycles. The molecule has 5 N–H and O–H groups in total. The highest BCUT2D eigenvalue weighted by Crippen LogP contribution is 2.25. The molecule has 0 bridgehead atoms. The first kappa shape index (κ1) is 50.1. The molecule has 2 fully saturated rings. The van der Waals surface area contributed by atoms with Crippen LogP contribution in [-0.4, -0.2) is 115 Å². The number of rotatable bonds is 22. The van der Waals surface area contributed by atoms with Gasteiger partial charge in [0.1, 0.15) is 12.1 Å². The Morgan fingerprint density at radius 1 is 0.638 bits per heavy atom. The number of Topliss-reactive ketones (excluding diaryl/α,β-unsaturated/α-hetero) is 1. The van der Waals surface area contributed by atoms with Crippen molar-refractivity contribution in [3.05, 3.63) is 71.8 Å². The molecule has 4 rings (SSSR count). The molecule has 0 unspecified atom stereocenters. The SMILES string of the molecule is CN[C@@H](C)C(=O)N[C@@H](CCCCCC[C@H](NC(=O)[C@H](C)NC)C(=O)N1CCC[C@H]1CNC(=O)c1ccccc1)C(=O)N1CCC[C@H]1CCC(=O)c1ccccc1.Cl.Cl. The smallest absolute Gasteiger partial charge is 0.251 e. The lowest BCUT2D eigenvalue weighted by atomic mass is 10.00. The van der Waals surface area contributed by atoms with Crippen molar-refractivity contribution in [2.75, 3.05) is 33.7 Å². The molecule has 322 valence electrons. The Bertz CT molecular complexity index is 1490. The molecule has 2 aromatic rings. The number of hydrogen-bond donors (Lipinski definition) is 5. The molecule has 2 heterocycles. The molecule has 0 saturated carbocycles. The average Bonchev–Trinajstić information content (AvgIpc) is 3.91. The van der Waals surface area contributed by atoms with Crippen molar-refractivity contribution in [3.8, 4) is 0 Å². The van der Waals surface area contributed by atoms with Gasteiger partial charge < -0.3 is 36.4 Å². The second kappa shape index (κ2) is 26.1. The van der Waals surface area contributed by atoms with Crippen LogP contribution < -0.4 is 26.6 Å². The van der Waals surface area contributed by atoms with Gasteiger partial charge in [-0.3, -0.25) is 28.8 Å². The van der Waals surface area contributed by atoms with Crippen molar-refractivity contribution >= 4 is 60.1 Å². The van der Waals surface area contributed by atoms with E-state index in [0.29, 0.717) is 69.3 Å². The lowest BCUT2D eigenvalue weighted by Gasteiger charge is -2.30. The molecule has 5 amide bonds. The summed E-state index contributed by atoms with van der Waals surface area (Å²) in [5, 5.41) is 14.8. The number of amides is 5. The number of ketones is 1. The van der Waals surface area contributed by atoms with Gasteiger partial charge in [0.25, 0.3) is 5.91 Å². The van der Waals surface area contributed by atoms with Crippen LogP contribution in [0.2, 0.25) is 0 Å². The van der Waals surface area contributed by atoms with Crippen LogP contribution in [0.1, 0.15) is 112 Å². The molecule has 2 saturated heterocycles. The predicted octanol–water partition coefficient (Wildman–Crippen LogP) is 4.43. The Balaban J connectivity index is 0.00000580. The Morgan fingerprint density at radius 3 is 1.57 bits per heavy atom. The summed E-state index contributed by atoms with van der Waals surface area (Å²) in [5.41, 5.74) is 1.23. The molecule has 2 aliphatic rings. The Labute approximate surface area is 356 Å². The van der Waals surface area contributed by atoms with Crippen molar-refractivity contribution < 1.29 is 28.8 Å². The minimum absolute atomic E-state index is 0. The van der Waals surface area contributed by atoms with Crippen LogP contribution in [0.5, 0.6) is 0 Å². The molecule has 58 heavy (non-hydrogen) atoms. The summed E-state index contributed by atoms with van der Waals surface area (Å²) in [4.78, 5) is 83.1. The quantitative estimate of drug-likeness (QED) is 0.0858. The van der Waals surface area contributed by atoms with Gasteiger partial charge in [-0.15, -0.1) is 24.8 Å². The van der Waals surface area contributed by atoms with E-state index in [-0.39, 0.29) is 72.2 Å². The van der Waals surface area contributed by atoms with Crippen LogP contribution in [0.4, 0.5) is 0 Å².